The normalized spacial score (nSPS) is 0. The van der Waals surface area contributed by atoms with E-state index in [1.807, 2.05) is 0 Å². The van der Waals surface area contributed by atoms with Gasteiger partial charge < -0.3 is 0 Å². The quantitative estimate of drug-likeness (QED) is 0.486. The fourth-order valence-corrected chi connectivity index (χ4v) is 0. The molecule has 0 saturated heterocycles. The minimum absolute atomic E-state index is 0. The van der Waals surface area contributed by atoms with Crippen molar-refractivity contribution in [2.24, 2.45) is 0 Å². The Morgan fingerprint density at radius 1 is 1.00 bits per heavy atom. The molecule has 0 aliphatic heterocycles. The molecule has 0 rings (SSSR count). The van der Waals surface area contributed by atoms with Crippen molar-refractivity contribution in [2.45, 2.75) is 7.43 Å². The van der Waals surface area contributed by atoms with E-state index in [0.717, 1.165) is 0 Å². The van der Waals surface area contributed by atoms with Crippen LogP contribution in [0.2, 0.25) is 0 Å². The van der Waals surface area contributed by atoms with E-state index in [9.17, 15) is 0 Å². The largest absolute Gasteiger partial charge is 0.0776 e. The molecule has 0 aliphatic rings. The van der Waals surface area contributed by atoms with Gasteiger partial charge in [-0.25, -0.2) is 0 Å². The van der Waals surface area contributed by atoms with Gasteiger partial charge in [-0.1, -0.05) is 7.43 Å². The summed E-state index contributed by atoms with van der Waals surface area (Å²) in [6, 6.07) is 0. The van der Waals surface area contributed by atoms with Crippen LogP contribution >= 0.6 is 0 Å². The van der Waals surface area contributed by atoms with E-state index in [-0.39, 0.29) is 58.3 Å². The Bertz CT molecular complexity index is 8.00. The number of rotatable bonds is 0. The zero-order chi connectivity index (χ0) is 0. The molecule has 0 spiro atoms. The smallest absolute Gasteiger partial charge is 0 e. The van der Waals surface area contributed by atoms with Gasteiger partial charge >= 0.3 is 0 Å². The molecule has 3 heteroatoms. The second-order valence-electron chi connectivity index (χ2n) is 0. The van der Waals surface area contributed by atoms with E-state index in [0.29, 0.717) is 0 Å². The van der Waals surface area contributed by atoms with Gasteiger partial charge in [0.1, 0.15) is 0 Å². The van der Waals surface area contributed by atoms with Gasteiger partial charge in [-0.15, -0.1) is 0 Å². The first-order chi connectivity index (χ1) is 0. The Morgan fingerprint density at radius 3 is 1.00 bits per heavy atom. The van der Waals surface area contributed by atoms with Gasteiger partial charge in [0.15, 0.2) is 0 Å². The average molecular weight is 186 g/mol. The number of hydrogen-bond acceptors (Lipinski definition) is 0. The van der Waals surface area contributed by atoms with Crippen molar-refractivity contribution < 1.29 is 50.9 Å². The predicted octanol–water partition coefficient (Wildman–Crippen LogP) is 0.629. The standard InChI is InChI=1S/CH4.Co.Fe.Mn/h1H4;;;. The Labute approximate surface area is 58.3 Å². The molecule has 0 amide bonds. The van der Waals surface area contributed by atoms with E-state index < -0.39 is 0 Å². The molecule has 0 nitrogen and oxygen atoms in total. The zero-order valence-corrected chi connectivity index (χ0v) is 4.39. The van der Waals surface area contributed by atoms with E-state index in [2.05, 4.69) is 0 Å². The van der Waals surface area contributed by atoms with Crippen molar-refractivity contribution in [3.63, 3.8) is 0 Å². The Morgan fingerprint density at radius 2 is 1.00 bits per heavy atom. The average Bonchev–Trinajstić information content (AvgIpc) is 0. The second kappa shape index (κ2) is 23.9. The van der Waals surface area contributed by atoms with E-state index >= 15 is 0 Å². The van der Waals surface area contributed by atoms with Gasteiger partial charge in [-0.05, 0) is 0 Å². The third-order valence-electron chi connectivity index (χ3n) is 0. The predicted molar refractivity (Wildman–Crippen MR) is 6.73 cm³/mol. The van der Waals surface area contributed by atoms with Gasteiger partial charge in [-0.2, -0.15) is 0 Å². The van der Waals surface area contributed by atoms with E-state index in [4.69, 9.17) is 0 Å². The summed E-state index contributed by atoms with van der Waals surface area (Å²) in [7, 11) is 0. The molecule has 0 N–H and O–H groups in total. The molecule has 0 unspecified atom stereocenters. The first kappa shape index (κ1) is 48.0. The summed E-state index contributed by atoms with van der Waals surface area (Å²) in [4.78, 5) is 0. The Balaban J connectivity index is 0. The molecular formula is CH4CoFeMn. The van der Waals surface area contributed by atoms with Crippen LogP contribution in [0, 0.1) is 0 Å². The zero-order valence-electron chi connectivity index (χ0n) is 1.06. The van der Waals surface area contributed by atoms with Gasteiger partial charge in [-0.3, -0.25) is 0 Å². The minimum atomic E-state index is 0. The van der Waals surface area contributed by atoms with Gasteiger partial charge in [0.2, 0.25) is 0 Å². The summed E-state index contributed by atoms with van der Waals surface area (Å²) in [6.07, 6.45) is 0. The van der Waals surface area contributed by atoms with Crippen molar-refractivity contribution in [3.8, 4) is 0 Å². The summed E-state index contributed by atoms with van der Waals surface area (Å²) < 4.78 is 0. The Kier molecular flexibility index (Phi) is 287. The third-order valence-corrected chi connectivity index (χ3v) is 0. The Hall–Kier alpha value is 1.55. The molecule has 0 aliphatic carbocycles. The van der Waals surface area contributed by atoms with Crippen molar-refractivity contribution >= 4 is 0 Å². The molecular weight excluding hydrogens is 182 g/mol. The van der Waals surface area contributed by atoms with Crippen LogP contribution in [0.3, 0.4) is 0 Å². The maximum absolute atomic E-state index is 0. The van der Waals surface area contributed by atoms with Crippen LogP contribution in [-0.2, 0) is 50.9 Å². The van der Waals surface area contributed by atoms with Crippen LogP contribution in [0.25, 0.3) is 0 Å². The SMILES string of the molecule is C.[Co].[Fe].[Mn]. The molecule has 0 aromatic heterocycles. The molecule has 0 bridgehead atoms. The fourth-order valence-electron chi connectivity index (χ4n) is 0. The molecule has 0 heterocycles. The van der Waals surface area contributed by atoms with Gasteiger partial charge in [0.05, 0.1) is 0 Å². The van der Waals surface area contributed by atoms with Crippen LogP contribution < -0.4 is 0 Å². The summed E-state index contributed by atoms with van der Waals surface area (Å²) >= 11 is 0. The summed E-state index contributed by atoms with van der Waals surface area (Å²) in [6.45, 7) is 0. The minimum Gasteiger partial charge on any atom is -0.0776 e. The van der Waals surface area contributed by atoms with Crippen LogP contribution in [0.4, 0.5) is 0 Å². The van der Waals surface area contributed by atoms with Crippen molar-refractivity contribution in [1.29, 1.82) is 0 Å². The molecule has 4 heavy (non-hydrogen) atoms. The molecule has 0 saturated carbocycles. The van der Waals surface area contributed by atoms with Gasteiger partial charge in [0, 0.05) is 50.9 Å². The first-order valence-electron chi connectivity index (χ1n) is 0. The monoisotopic (exact) mass is 186 g/mol. The summed E-state index contributed by atoms with van der Waals surface area (Å²) in [5, 5.41) is 0. The first-order valence-corrected chi connectivity index (χ1v) is 0. The molecule has 0 aromatic carbocycles. The van der Waals surface area contributed by atoms with Crippen LogP contribution in [0.5, 0.6) is 0 Å². The second-order valence-corrected chi connectivity index (χ2v) is 0. The summed E-state index contributed by atoms with van der Waals surface area (Å²) in [5.41, 5.74) is 0. The maximum Gasteiger partial charge on any atom is 0 e. The summed E-state index contributed by atoms with van der Waals surface area (Å²) in [5.74, 6) is 0. The van der Waals surface area contributed by atoms with Gasteiger partial charge in [0.25, 0.3) is 0 Å². The fraction of sp³-hybridized carbons (Fsp3) is 1.00. The van der Waals surface area contributed by atoms with E-state index in [1.54, 1.807) is 0 Å². The van der Waals surface area contributed by atoms with E-state index in [1.165, 1.54) is 0 Å². The maximum atomic E-state index is 0. The third kappa shape index (κ3) is 9.62. The molecule has 2 radical (unpaired) electrons. The molecule has 0 atom stereocenters. The topological polar surface area (TPSA) is 0 Å². The van der Waals surface area contributed by atoms with Crippen LogP contribution in [0.1, 0.15) is 7.43 Å². The molecule has 32 valence electrons. The van der Waals surface area contributed by atoms with Crippen LogP contribution in [-0.4, -0.2) is 0 Å². The molecule has 0 fully saturated rings. The number of hydrogen-bond donors (Lipinski definition) is 0. The van der Waals surface area contributed by atoms with Crippen LogP contribution in [0.15, 0.2) is 0 Å². The molecule has 0 aromatic rings. The van der Waals surface area contributed by atoms with Crippen molar-refractivity contribution in [1.82, 2.24) is 0 Å². The van der Waals surface area contributed by atoms with Crippen molar-refractivity contribution in [2.75, 3.05) is 0 Å². The van der Waals surface area contributed by atoms with Crippen molar-refractivity contribution in [3.05, 3.63) is 0 Å².